The SMILES string of the molecule is COc1c(C)cc(C)cc1C1(CN)CNC(=O)O1. The number of carbonyl (C=O) groups is 1. The summed E-state index contributed by atoms with van der Waals surface area (Å²) in [5.74, 6) is 0.725. The van der Waals surface area contributed by atoms with Gasteiger partial charge in [-0.15, -0.1) is 0 Å². The van der Waals surface area contributed by atoms with Gasteiger partial charge in [-0.2, -0.15) is 0 Å². The molecule has 98 valence electrons. The molecule has 1 aliphatic rings. The lowest BCUT2D eigenvalue weighted by molar-refractivity contribution is 0.0595. The molecule has 0 spiro atoms. The van der Waals surface area contributed by atoms with Gasteiger partial charge in [0.1, 0.15) is 5.75 Å². The summed E-state index contributed by atoms with van der Waals surface area (Å²) in [6.45, 7) is 4.53. The van der Waals surface area contributed by atoms with Crippen molar-refractivity contribution >= 4 is 6.09 Å². The Hall–Kier alpha value is -1.75. The highest BCUT2D eigenvalue weighted by Gasteiger charge is 2.43. The zero-order chi connectivity index (χ0) is 13.3. The van der Waals surface area contributed by atoms with Crippen molar-refractivity contribution in [2.75, 3.05) is 20.2 Å². The van der Waals surface area contributed by atoms with Crippen LogP contribution < -0.4 is 15.8 Å². The van der Waals surface area contributed by atoms with Crippen LogP contribution in [0, 0.1) is 13.8 Å². The van der Waals surface area contributed by atoms with Crippen LogP contribution in [0.4, 0.5) is 4.79 Å². The fraction of sp³-hybridized carbons (Fsp3) is 0.462. The highest BCUT2D eigenvalue weighted by atomic mass is 16.6. The van der Waals surface area contributed by atoms with E-state index in [1.807, 2.05) is 26.0 Å². The van der Waals surface area contributed by atoms with Crippen LogP contribution in [0.2, 0.25) is 0 Å². The van der Waals surface area contributed by atoms with Crippen LogP contribution in [0.5, 0.6) is 5.75 Å². The standard InChI is InChI=1S/C13H18N2O3/c1-8-4-9(2)11(17-3)10(5-8)13(6-14)7-15-12(16)18-13/h4-5H,6-7,14H2,1-3H3,(H,15,16). The first kappa shape index (κ1) is 12.7. The Morgan fingerprint density at radius 3 is 2.72 bits per heavy atom. The fourth-order valence-corrected chi connectivity index (χ4v) is 2.40. The Morgan fingerprint density at radius 2 is 2.22 bits per heavy atom. The van der Waals surface area contributed by atoms with Gasteiger partial charge < -0.3 is 20.5 Å². The van der Waals surface area contributed by atoms with Crippen molar-refractivity contribution in [2.45, 2.75) is 19.4 Å². The summed E-state index contributed by atoms with van der Waals surface area (Å²) in [5, 5.41) is 2.65. The molecular formula is C13H18N2O3. The number of ether oxygens (including phenoxy) is 2. The Kier molecular flexibility index (Phi) is 3.17. The van der Waals surface area contributed by atoms with Gasteiger partial charge in [0.05, 0.1) is 13.7 Å². The van der Waals surface area contributed by atoms with Gasteiger partial charge in [0.25, 0.3) is 0 Å². The molecule has 0 saturated carbocycles. The number of cyclic esters (lactones) is 1. The number of hydrogen-bond donors (Lipinski definition) is 2. The quantitative estimate of drug-likeness (QED) is 0.845. The molecule has 2 rings (SSSR count). The summed E-state index contributed by atoms with van der Waals surface area (Å²) in [6.07, 6.45) is -0.443. The number of benzene rings is 1. The van der Waals surface area contributed by atoms with Crippen LogP contribution in [0.15, 0.2) is 12.1 Å². The molecular weight excluding hydrogens is 232 g/mol. The van der Waals surface area contributed by atoms with Crippen molar-refractivity contribution in [3.05, 3.63) is 28.8 Å². The molecule has 18 heavy (non-hydrogen) atoms. The first-order chi connectivity index (χ1) is 8.52. The van der Waals surface area contributed by atoms with Gasteiger partial charge in [-0.25, -0.2) is 4.79 Å². The number of methoxy groups -OCH3 is 1. The number of rotatable bonds is 3. The molecule has 1 saturated heterocycles. The van der Waals surface area contributed by atoms with Gasteiger partial charge in [0.2, 0.25) is 0 Å². The molecule has 0 radical (unpaired) electrons. The molecule has 0 aromatic heterocycles. The first-order valence-electron chi connectivity index (χ1n) is 5.85. The van der Waals surface area contributed by atoms with E-state index in [-0.39, 0.29) is 6.54 Å². The molecule has 1 aromatic rings. The predicted molar refractivity (Wildman–Crippen MR) is 67.7 cm³/mol. The van der Waals surface area contributed by atoms with E-state index in [1.165, 1.54) is 0 Å². The second-order valence-electron chi connectivity index (χ2n) is 4.60. The summed E-state index contributed by atoms with van der Waals surface area (Å²) in [6, 6.07) is 3.98. The maximum Gasteiger partial charge on any atom is 0.408 e. The lowest BCUT2D eigenvalue weighted by atomic mass is 9.90. The molecule has 3 N–H and O–H groups in total. The average Bonchev–Trinajstić information content (AvgIpc) is 2.71. The third kappa shape index (κ3) is 1.90. The smallest absolute Gasteiger partial charge is 0.408 e. The molecule has 5 heteroatoms. The maximum absolute atomic E-state index is 11.3. The topological polar surface area (TPSA) is 73.6 Å². The third-order valence-corrected chi connectivity index (χ3v) is 3.25. The Bertz CT molecular complexity index is 487. The molecule has 1 fully saturated rings. The van der Waals surface area contributed by atoms with Crippen molar-refractivity contribution < 1.29 is 14.3 Å². The van der Waals surface area contributed by atoms with Gasteiger partial charge in [-0.1, -0.05) is 11.6 Å². The van der Waals surface area contributed by atoms with Crippen LogP contribution in [0.3, 0.4) is 0 Å². The zero-order valence-corrected chi connectivity index (χ0v) is 10.9. The molecule has 1 amide bonds. The second-order valence-corrected chi connectivity index (χ2v) is 4.60. The summed E-state index contributed by atoms with van der Waals surface area (Å²) < 4.78 is 10.8. The van der Waals surface area contributed by atoms with Gasteiger partial charge >= 0.3 is 6.09 Å². The Labute approximate surface area is 106 Å². The number of aryl methyl sites for hydroxylation is 2. The molecule has 0 aliphatic carbocycles. The molecule has 1 aliphatic heterocycles. The van der Waals surface area contributed by atoms with Gasteiger partial charge in [-0.05, 0) is 25.5 Å². The average molecular weight is 250 g/mol. The van der Waals surface area contributed by atoms with E-state index in [4.69, 9.17) is 15.2 Å². The molecule has 1 unspecified atom stereocenters. The molecule has 5 nitrogen and oxygen atoms in total. The number of amides is 1. The van der Waals surface area contributed by atoms with E-state index in [2.05, 4.69) is 5.32 Å². The number of nitrogens with one attached hydrogen (secondary N) is 1. The molecule has 1 heterocycles. The normalized spacial score (nSPS) is 22.6. The second kappa shape index (κ2) is 4.49. The summed E-state index contributed by atoms with van der Waals surface area (Å²) >= 11 is 0. The largest absolute Gasteiger partial charge is 0.496 e. The van der Waals surface area contributed by atoms with Crippen molar-refractivity contribution in [1.29, 1.82) is 0 Å². The van der Waals surface area contributed by atoms with E-state index in [9.17, 15) is 4.79 Å². The van der Waals surface area contributed by atoms with Crippen LogP contribution in [-0.2, 0) is 10.3 Å². The fourth-order valence-electron chi connectivity index (χ4n) is 2.40. The van der Waals surface area contributed by atoms with Gasteiger partial charge in [0, 0.05) is 12.1 Å². The minimum Gasteiger partial charge on any atom is -0.496 e. The highest BCUT2D eigenvalue weighted by Crippen LogP contribution is 2.37. The number of nitrogens with two attached hydrogens (primary N) is 1. The van der Waals surface area contributed by atoms with Crippen LogP contribution in [-0.4, -0.2) is 26.3 Å². The maximum atomic E-state index is 11.3. The van der Waals surface area contributed by atoms with E-state index in [0.717, 1.165) is 22.4 Å². The van der Waals surface area contributed by atoms with Crippen molar-refractivity contribution in [2.24, 2.45) is 5.73 Å². The molecule has 1 aromatic carbocycles. The van der Waals surface area contributed by atoms with Crippen molar-refractivity contribution in [3.63, 3.8) is 0 Å². The van der Waals surface area contributed by atoms with E-state index < -0.39 is 11.7 Å². The highest BCUT2D eigenvalue weighted by molar-refractivity contribution is 5.71. The summed E-state index contributed by atoms with van der Waals surface area (Å²) in [7, 11) is 1.61. The molecule has 0 bridgehead atoms. The zero-order valence-electron chi connectivity index (χ0n) is 10.9. The van der Waals surface area contributed by atoms with Crippen molar-refractivity contribution in [1.82, 2.24) is 5.32 Å². The minimum atomic E-state index is -0.834. The third-order valence-electron chi connectivity index (χ3n) is 3.25. The van der Waals surface area contributed by atoms with Gasteiger partial charge in [0.15, 0.2) is 5.60 Å². The number of alkyl carbamates (subject to hydrolysis) is 1. The minimum absolute atomic E-state index is 0.213. The van der Waals surface area contributed by atoms with E-state index >= 15 is 0 Å². The summed E-state index contributed by atoms with van der Waals surface area (Å²) in [5.41, 5.74) is 7.89. The van der Waals surface area contributed by atoms with Crippen LogP contribution >= 0.6 is 0 Å². The van der Waals surface area contributed by atoms with Crippen LogP contribution in [0.1, 0.15) is 16.7 Å². The lowest BCUT2D eigenvalue weighted by Crippen LogP contribution is -2.39. The van der Waals surface area contributed by atoms with Crippen molar-refractivity contribution in [3.8, 4) is 5.75 Å². The van der Waals surface area contributed by atoms with Gasteiger partial charge in [-0.3, -0.25) is 0 Å². The number of carbonyl (C=O) groups excluding carboxylic acids is 1. The van der Waals surface area contributed by atoms with E-state index in [0.29, 0.717) is 6.54 Å². The first-order valence-corrected chi connectivity index (χ1v) is 5.85. The number of hydrogen-bond acceptors (Lipinski definition) is 4. The predicted octanol–water partition coefficient (Wildman–Crippen LogP) is 1.21. The Balaban J connectivity index is 2.58. The monoisotopic (exact) mass is 250 g/mol. The Morgan fingerprint density at radius 1 is 1.50 bits per heavy atom. The molecule has 1 atom stereocenters. The van der Waals surface area contributed by atoms with Crippen LogP contribution in [0.25, 0.3) is 0 Å². The van der Waals surface area contributed by atoms with E-state index in [1.54, 1.807) is 7.11 Å². The lowest BCUT2D eigenvalue weighted by Gasteiger charge is -2.28. The summed E-state index contributed by atoms with van der Waals surface area (Å²) in [4.78, 5) is 11.3.